The van der Waals surface area contributed by atoms with Crippen molar-refractivity contribution < 1.29 is 18.6 Å². The first-order valence-electron chi connectivity index (χ1n) is 11.6. The number of aliphatic hydroxyl groups excluding tert-OH is 2. The summed E-state index contributed by atoms with van der Waals surface area (Å²) in [6.07, 6.45) is 1.05. The molecule has 4 rings (SSSR count). The number of fused-ring (bicyclic) bond motifs is 1. The largest absolute Gasteiger partial charge is 0.395 e. The smallest absolute Gasteiger partial charge is 0.218 e. The summed E-state index contributed by atoms with van der Waals surface area (Å²) in [6.45, 7) is 3.50. The van der Waals surface area contributed by atoms with Crippen molar-refractivity contribution in [3.63, 3.8) is 0 Å². The summed E-state index contributed by atoms with van der Waals surface area (Å²) in [5.74, 6) is 5.76. The zero-order valence-electron chi connectivity index (χ0n) is 19.0. The van der Waals surface area contributed by atoms with E-state index in [1.54, 1.807) is 11.2 Å². The average Bonchev–Trinajstić information content (AvgIpc) is 2.77. The minimum Gasteiger partial charge on any atom is -0.395 e. The number of hydrogen-bond donors (Lipinski definition) is 2. The molecule has 6 nitrogen and oxygen atoms in total. The summed E-state index contributed by atoms with van der Waals surface area (Å²) in [6, 6.07) is 17.2. The number of aliphatic hydroxyl groups is 2. The molecule has 0 amide bonds. The molecule has 0 aromatic heterocycles. The summed E-state index contributed by atoms with van der Waals surface area (Å²) in [5, 5.41) is 19.5. The number of rotatable bonds is 5. The van der Waals surface area contributed by atoms with Crippen LogP contribution in [-0.2, 0) is 15.8 Å². The molecule has 2 heterocycles. The molecule has 4 atom stereocenters. The minimum absolute atomic E-state index is 0.00526. The first-order valence-corrected chi connectivity index (χ1v) is 13.2. The highest BCUT2D eigenvalue weighted by Gasteiger charge is 2.50. The summed E-state index contributed by atoms with van der Waals surface area (Å²) < 4.78 is 28.2. The molecule has 0 radical (unpaired) electrons. The maximum absolute atomic E-state index is 13.3. The number of sulfonamides is 1. The summed E-state index contributed by atoms with van der Waals surface area (Å²) in [5.41, 5.74) is 2.70. The molecule has 2 aliphatic rings. The van der Waals surface area contributed by atoms with Crippen molar-refractivity contribution in [3.8, 4) is 11.8 Å². The Morgan fingerprint density at radius 3 is 2.42 bits per heavy atom. The fourth-order valence-electron chi connectivity index (χ4n) is 5.01. The van der Waals surface area contributed by atoms with E-state index >= 15 is 0 Å². The zero-order chi connectivity index (χ0) is 23.4. The predicted octanol–water partition coefficient (Wildman–Crippen LogP) is 2.17. The van der Waals surface area contributed by atoms with E-state index in [1.807, 2.05) is 54.6 Å². The van der Waals surface area contributed by atoms with Gasteiger partial charge in [-0.3, -0.25) is 4.90 Å². The second kappa shape index (κ2) is 10.4. The molecule has 2 N–H and O–H groups in total. The SMILES string of the molecule is C[C@H](O)C#Cc1ccc([C@H]2[C@H](CO)N3CCCCN(S(=O)(=O)Cc4ccccc4)C[C@@H]23)cc1. The van der Waals surface area contributed by atoms with Crippen LogP contribution in [0.5, 0.6) is 0 Å². The molecule has 2 aromatic carbocycles. The van der Waals surface area contributed by atoms with E-state index in [0.29, 0.717) is 13.1 Å². The van der Waals surface area contributed by atoms with Crippen LogP contribution in [0.2, 0.25) is 0 Å². The van der Waals surface area contributed by atoms with Crippen LogP contribution in [0.15, 0.2) is 54.6 Å². The minimum atomic E-state index is -3.45. The van der Waals surface area contributed by atoms with Crippen molar-refractivity contribution in [3.05, 3.63) is 71.3 Å². The average molecular weight is 469 g/mol. The van der Waals surface area contributed by atoms with Gasteiger partial charge >= 0.3 is 0 Å². The van der Waals surface area contributed by atoms with Crippen LogP contribution in [0, 0.1) is 11.8 Å². The quantitative estimate of drug-likeness (QED) is 0.658. The van der Waals surface area contributed by atoms with Crippen molar-refractivity contribution in [2.45, 2.75) is 49.6 Å². The Kier molecular flexibility index (Phi) is 7.52. The highest BCUT2D eigenvalue weighted by atomic mass is 32.2. The maximum atomic E-state index is 13.3. The third-order valence-electron chi connectivity index (χ3n) is 6.64. The fourth-order valence-corrected chi connectivity index (χ4v) is 6.60. The van der Waals surface area contributed by atoms with E-state index in [1.165, 1.54) is 0 Å². The van der Waals surface area contributed by atoms with Crippen LogP contribution in [-0.4, -0.2) is 72.3 Å². The van der Waals surface area contributed by atoms with Gasteiger partial charge in [0.25, 0.3) is 0 Å². The van der Waals surface area contributed by atoms with Crippen LogP contribution >= 0.6 is 0 Å². The van der Waals surface area contributed by atoms with Crippen molar-refractivity contribution >= 4 is 10.0 Å². The zero-order valence-corrected chi connectivity index (χ0v) is 19.8. The molecule has 33 heavy (non-hydrogen) atoms. The van der Waals surface area contributed by atoms with Gasteiger partial charge in [0, 0.05) is 36.7 Å². The van der Waals surface area contributed by atoms with E-state index in [-0.39, 0.29) is 30.4 Å². The number of benzene rings is 2. The van der Waals surface area contributed by atoms with Gasteiger partial charge in [0.1, 0.15) is 6.10 Å². The first-order chi connectivity index (χ1) is 15.9. The summed E-state index contributed by atoms with van der Waals surface area (Å²) in [7, 11) is -3.45. The number of nitrogens with zero attached hydrogens (tertiary/aromatic N) is 2. The van der Waals surface area contributed by atoms with Crippen molar-refractivity contribution in [2.24, 2.45) is 0 Å². The third-order valence-corrected chi connectivity index (χ3v) is 8.46. The van der Waals surface area contributed by atoms with E-state index in [4.69, 9.17) is 0 Å². The Morgan fingerprint density at radius 2 is 1.76 bits per heavy atom. The molecule has 7 heteroatoms. The molecule has 0 spiro atoms. The molecule has 2 aliphatic heterocycles. The molecule has 2 aromatic rings. The van der Waals surface area contributed by atoms with Crippen molar-refractivity contribution in [1.82, 2.24) is 9.21 Å². The molecule has 0 bridgehead atoms. The van der Waals surface area contributed by atoms with E-state index in [9.17, 15) is 18.6 Å². The molecule has 0 aliphatic carbocycles. The van der Waals surface area contributed by atoms with Gasteiger partial charge in [0.15, 0.2) is 0 Å². The van der Waals surface area contributed by atoms with Gasteiger partial charge in [0.2, 0.25) is 10.0 Å². The van der Waals surface area contributed by atoms with Gasteiger partial charge in [-0.05, 0) is 49.6 Å². The van der Waals surface area contributed by atoms with Crippen molar-refractivity contribution in [2.75, 3.05) is 26.2 Å². The normalized spacial score (nSPS) is 25.0. The Bertz CT molecular complexity index is 1090. The van der Waals surface area contributed by atoms with Gasteiger partial charge in [-0.15, -0.1) is 0 Å². The van der Waals surface area contributed by atoms with Crippen LogP contribution < -0.4 is 0 Å². The summed E-state index contributed by atoms with van der Waals surface area (Å²) >= 11 is 0. The fraction of sp³-hybridized carbons (Fsp3) is 0.462. The van der Waals surface area contributed by atoms with E-state index in [0.717, 1.165) is 36.1 Å². The van der Waals surface area contributed by atoms with Gasteiger partial charge in [-0.2, -0.15) is 0 Å². The van der Waals surface area contributed by atoms with Crippen molar-refractivity contribution in [1.29, 1.82) is 0 Å². The molecule has 2 fully saturated rings. The lowest BCUT2D eigenvalue weighted by molar-refractivity contribution is -0.0554. The van der Waals surface area contributed by atoms with Gasteiger partial charge in [-0.1, -0.05) is 54.3 Å². The second-order valence-corrected chi connectivity index (χ2v) is 10.9. The van der Waals surface area contributed by atoms with Crippen LogP contribution in [0.1, 0.15) is 42.4 Å². The van der Waals surface area contributed by atoms with Gasteiger partial charge < -0.3 is 10.2 Å². The standard InChI is InChI=1S/C26H32N2O4S/c1-20(30)9-10-21-11-13-23(14-12-21)26-24-17-27(15-5-6-16-28(24)25(26)18-29)33(31,32)19-22-7-3-2-4-8-22/h2-4,7-8,11-14,20,24-26,29-30H,5-6,15-19H2,1H3/t20-,24-,25-,26+/m0/s1. The van der Waals surface area contributed by atoms with Crippen LogP contribution in [0.25, 0.3) is 0 Å². The Balaban J connectivity index is 1.55. The third kappa shape index (κ3) is 5.48. The van der Waals surface area contributed by atoms with Gasteiger partial charge in [-0.25, -0.2) is 12.7 Å². The lowest BCUT2D eigenvalue weighted by Gasteiger charge is -2.57. The predicted molar refractivity (Wildman–Crippen MR) is 129 cm³/mol. The van der Waals surface area contributed by atoms with Gasteiger partial charge in [0.05, 0.1) is 12.4 Å². The monoisotopic (exact) mass is 468 g/mol. The van der Waals surface area contributed by atoms with E-state index in [2.05, 4.69) is 16.7 Å². The molecular formula is C26H32N2O4S. The molecule has 176 valence electrons. The lowest BCUT2D eigenvalue weighted by Crippen LogP contribution is -2.67. The molecular weight excluding hydrogens is 436 g/mol. The highest BCUT2D eigenvalue weighted by Crippen LogP contribution is 2.42. The van der Waals surface area contributed by atoms with E-state index < -0.39 is 16.1 Å². The van der Waals surface area contributed by atoms with Crippen LogP contribution in [0.3, 0.4) is 0 Å². The number of hydrogen-bond acceptors (Lipinski definition) is 5. The first kappa shape index (κ1) is 23.9. The molecule has 0 unspecified atom stereocenters. The Labute approximate surface area is 196 Å². The Hall–Kier alpha value is -2.21. The van der Waals surface area contributed by atoms with Crippen LogP contribution in [0.4, 0.5) is 0 Å². The highest BCUT2D eigenvalue weighted by molar-refractivity contribution is 7.88. The Morgan fingerprint density at radius 1 is 1.06 bits per heavy atom. The topological polar surface area (TPSA) is 81.1 Å². The maximum Gasteiger partial charge on any atom is 0.218 e. The molecule has 2 saturated heterocycles. The summed E-state index contributed by atoms with van der Waals surface area (Å²) in [4.78, 5) is 2.27. The lowest BCUT2D eigenvalue weighted by atomic mass is 9.74. The second-order valence-electron chi connectivity index (χ2n) is 8.96. The molecule has 0 saturated carbocycles.